The molecule has 2 heteroatoms. The monoisotopic (exact) mass is 171 g/mol. The number of thiol groups is 1. The molecule has 0 amide bonds. The van der Waals surface area contributed by atoms with Gasteiger partial charge in [-0.15, -0.1) is 0 Å². The fraction of sp³-hybridized carbons (Fsp3) is 1.00. The van der Waals surface area contributed by atoms with Crippen LogP contribution in [0.3, 0.4) is 0 Å². The molecular formula is C9H17NS. The maximum Gasteiger partial charge on any atom is 0.00358 e. The molecule has 2 atom stereocenters. The normalized spacial score (nSPS) is 45.8. The van der Waals surface area contributed by atoms with Gasteiger partial charge >= 0.3 is 0 Å². The summed E-state index contributed by atoms with van der Waals surface area (Å²) in [6.45, 7) is 2.63. The average Bonchev–Trinajstić information content (AvgIpc) is 2.44. The number of hydrogen-bond acceptors (Lipinski definition) is 2. The second-order valence-electron chi connectivity index (χ2n) is 4.38. The van der Waals surface area contributed by atoms with E-state index in [4.69, 9.17) is 0 Å². The molecular weight excluding hydrogens is 154 g/mol. The third-order valence-electron chi connectivity index (χ3n) is 3.31. The van der Waals surface area contributed by atoms with E-state index >= 15 is 0 Å². The van der Waals surface area contributed by atoms with Gasteiger partial charge in [0, 0.05) is 11.8 Å². The van der Waals surface area contributed by atoms with E-state index in [2.05, 4.69) is 24.6 Å². The van der Waals surface area contributed by atoms with Crippen LogP contribution in [-0.2, 0) is 0 Å². The van der Waals surface area contributed by atoms with Crippen LogP contribution in [0.2, 0.25) is 0 Å². The lowest BCUT2D eigenvalue weighted by Gasteiger charge is -2.22. The Kier molecular flexibility index (Phi) is 1.92. The van der Waals surface area contributed by atoms with Crippen molar-refractivity contribution < 1.29 is 0 Å². The lowest BCUT2D eigenvalue weighted by molar-refractivity contribution is 0.290. The van der Waals surface area contributed by atoms with E-state index < -0.39 is 0 Å². The van der Waals surface area contributed by atoms with E-state index in [0.29, 0.717) is 10.7 Å². The summed E-state index contributed by atoms with van der Waals surface area (Å²) in [6, 6.07) is 0. The summed E-state index contributed by atoms with van der Waals surface area (Å²) in [5.41, 5.74) is 0.682. The molecule has 0 aromatic rings. The van der Waals surface area contributed by atoms with Gasteiger partial charge in [-0.2, -0.15) is 12.6 Å². The highest BCUT2D eigenvalue weighted by molar-refractivity contribution is 7.80. The third kappa shape index (κ3) is 1.43. The summed E-state index contributed by atoms with van der Waals surface area (Å²) in [4.78, 5) is 2.46. The third-order valence-corrected chi connectivity index (χ3v) is 3.75. The average molecular weight is 171 g/mol. The van der Waals surface area contributed by atoms with E-state index in [1.807, 2.05) is 0 Å². The summed E-state index contributed by atoms with van der Waals surface area (Å²) in [5.74, 6) is 0. The van der Waals surface area contributed by atoms with Crippen LogP contribution in [0.25, 0.3) is 0 Å². The highest BCUT2D eigenvalue weighted by Gasteiger charge is 2.41. The van der Waals surface area contributed by atoms with Gasteiger partial charge in [0.05, 0.1) is 0 Å². The molecule has 1 nitrogen and oxygen atoms in total. The van der Waals surface area contributed by atoms with Gasteiger partial charge in [0.1, 0.15) is 0 Å². The standard InChI is InChI=1S/C9H17NS/c1-10-5-4-9(7-10)3-2-8(11)6-9/h8,11H,2-7H2,1H3. The molecule has 0 bridgehead atoms. The Balaban J connectivity index is 2.02. The molecule has 11 heavy (non-hydrogen) atoms. The van der Waals surface area contributed by atoms with Gasteiger partial charge in [-0.05, 0) is 44.7 Å². The van der Waals surface area contributed by atoms with Crippen molar-refractivity contribution in [2.24, 2.45) is 5.41 Å². The Labute approximate surface area is 74.6 Å². The smallest absolute Gasteiger partial charge is 0.00358 e. The summed E-state index contributed by atoms with van der Waals surface area (Å²) >= 11 is 4.55. The summed E-state index contributed by atoms with van der Waals surface area (Å²) in [6.07, 6.45) is 5.55. The predicted octanol–water partition coefficient (Wildman–Crippen LogP) is 1.79. The maximum atomic E-state index is 4.55. The first-order valence-corrected chi connectivity index (χ1v) is 5.08. The Bertz CT molecular complexity index is 140. The number of likely N-dealkylation sites (tertiary alicyclic amines) is 1. The molecule has 1 saturated heterocycles. The van der Waals surface area contributed by atoms with Crippen LogP contribution in [0, 0.1) is 5.41 Å². The number of nitrogens with zero attached hydrogens (tertiary/aromatic N) is 1. The summed E-state index contributed by atoms with van der Waals surface area (Å²) in [7, 11) is 2.24. The van der Waals surface area contributed by atoms with Crippen molar-refractivity contribution in [3.8, 4) is 0 Å². The molecule has 0 aromatic carbocycles. The minimum Gasteiger partial charge on any atom is -0.306 e. The van der Waals surface area contributed by atoms with Crippen molar-refractivity contribution in [2.45, 2.75) is 30.9 Å². The quantitative estimate of drug-likeness (QED) is 0.544. The van der Waals surface area contributed by atoms with Gasteiger partial charge in [-0.1, -0.05) is 0 Å². The molecule has 1 spiro atoms. The SMILES string of the molecule is CN1CCC2(CCC(S)C2)C1. The molecule has 2 fully saturated rings. The van der Waals surface area contributed by atoms with Gasteiger partial charge in [0.25, 0.3) is 0 Å². The van der Waals surface area contributed by atoms with Crippen LogP contribution in [0.5, 0.6) is 0 Å². The zero-order valence-electron chi connectivity index (χ0n) is 7.21. The fourth-order valence-electron chi connectivity index (χ4n) is 2.71. The van der Waals surface area contributed by atoms with Crippen LogP contribution >= 0.6 is 12.6 Å². The molecule has 64 valence electrons. The molecule has 2 rings (SSSR count). The Hall–Kier alpha value is 0.310. The molecule has 0 radical (unpaired) electrons. The highest BCUT2D eigenvalue weighted by atomic mass is 32.1. The van der Waals surface area contributed by atoms with E-state index in [0.717, 1.165) is 0 Å². The van der Waals surface area contributed by atoms with Crippen molar-refractivity contribution in [1.29, 1.82) is 0 Å². The largest absolute Gasteiger partial charge is 0.306 e. The topological polar surface area (TPSA) is 3.24 Å². The summed E-state index contributed by atoms with van der Waals surface area (Å²) in [5, 5.41) is 0.696. The van der Waals surface area contributed by atoms with Crippen molar-refractivity contribution in [3.63, 3.8) is 0 Å². The van der Waals surface area contributed by atoms with Gasteiger partial charge in [-0.3, -0.25) is 0 Å². The highest BCUT2D eigenvalue weighted by Crippen LogP contribution is 2.46. The molecule has 1 aliphatic carbocycles. The lowest BCUT2D eigenvalue weighted by Crippen LogP contribution is -2.22. The minimum atomic E-state index is 0.682. The first kappa shape index (κ1) is 7.93. The molecule has 1 heterocycles. The molecule has 0 N–H and O–H groups in total. The second kappa shape index (κ2) is 2.67. The van der Waals surface area contributed by atoms with E-state index in [-0.39, 0.29) is 0 Å². The van der Waals surface area contributed by atoms with E-state index in [1.54, 1.807) is 0 Å². The Morgan fingerprint density at radius 2 is 2.27 bits per heavy atom. The van der Waals surface area contributed by atoms with E-state index in [9.17, 15) is 0 Å². The van der Waals surface area contributed by atoms with Crippen molar-refractivity contribution >= 4 is 12.6 Å². The van der Waals surface area contributed by atoms with Gasteiger partial charge < -0.3 is 4.90 Å². The molecule has 2 aliphatic rings. The van der Waals surface area contributed by atoms with Gasteiger partial charge in [-0.25, -0.2) is 0 Å². The molecule has 1 aliphatic heterocycles. The van der Waals surface area contributed by atoms with Crippen molar-refractivity contribution in [1.82, 2.24) is 4.90 Å². The van der Waals surface area contributed by atoms with Crippen LogP contribution in [0.15, 0.2) is 0 Å². The van der Waals surface area contributed by atoms with Crippen molar-refractivity contribution in [2.75, 3.05) is 20.1 Å². The van der Waals surface area contributed by atoms with Gasteiger partial charge in [0.2, 0.25) is 0 Å². The van der Waals surface area contributed by atoms with E-state index in [1.165, 1.54) is 38.8 Å². The lowest BCUT2D eigenvalue weighted by atomic mass is 9.86. The van der Waals surface area contributed by atoms with Crippen LogP contribution in [0.4, 0.5) is 0 Å². The number of rotatable bonds is 0. The zero-order chi connectivity index (χ0) is 7.90. The molecule has 2 unspecified atom stereocenters. The minimum absolute atomic E-state index is 0.682. The number of hydrogen-bond donors (Lipinski definition) is 1. The molecule has 0 aromatic heterocycles. The van der Waals surface area contributed by atoms with Crippen molar-refractivity contribution in [3.05, 3.63) is 0 Å². The predicted molar refractivity (Wildman–Crippen MR) is 51.2 cm³/mol. The first-order valence-electron chi connectivity index (χ1n) is 4.57. The Morgan fingerprint density at radius 1 is 1.45 bits per heavy atom. The second-order valence-corrected chi connectivity index (χ2v) is 5.11. The van der Waals surface area contributed by atoms with Crippen LogP contribution in [0.1, 0.15) is 25.7 Å². The van der Waals surface area contributed by atoms with Crippen LogP contribution < -0.4 is 0 Å². The maximum absolute atomic E-state index is 4.55. The Morgan fingerprint density at radius 3 is 2.73 bits per heavy atom. The van der Waals surface area contributed by atoms with Gasteiger partial charge in [0.15, 0.2) is 0 Å². The fourth-order valence-corrected chi connectivity index (χ4v) is 3.22. The molecule has 1 saturated carbocycles. The summed E-state index contributed by atoms with van der Waals surface area (Å²) < 4.78 is 0. The zero-order valence-corrected chi connectivity index (χ0v) is 8.11. The first-order chi connectivity index (χ1) is 5.20. The van der Waals surface area contributed by atoms with Crippen LogP contribution in [-0.4, -0.2) is 30.3 Å².